The van der Waals surface area contributed by atoms with Crippen molar-refractivity contribution in [3.8, 4) is 0 Å². The Morgan fingerprint density at radius 3 is 1.42 bits per heavy atom. The Bertz CT molecular complexity index is 337. The summed E-state index contributed by atoms with van der Waals surface area (Å²) in [6, 6.07) is 0. The molecule has 1 aliphatic rings. The third kappa shape index (κ3) is 3.79. The zero-order valence-electron chi connectivity index (χ0n) is 14.1. The van der Waals surface area contributed by atoms with Crippen molar-refractivity contribution in [3.63, 3.8) is 0 Å². The molecule has 0 atom stereocenters. The fourth-order valence-corrected chi connectivity index (χ4v) is 17.9. The molecular weight excluding hydrogens is 288 g/mol. The highest BCUT2D eigenvalue weighted by Crippen LogP contribution is 2.42. The van der Waals surface area contributed by atoms with Gasteiger partial charge in [-0.3, -0.25) is 0 Å². The lowest BCUT2D eigenvalue weighted by atomic mass is 10.1. The van der Waals surface area contributed by atoms with Crippen LogP contribution in [0.1, 0.15) is 41.5 Å². The quantitative estimate of drug-likeness (QED) is 0.536. The van der Waals surface area contributed by atoms with Crippen molar-refractivity contribution in [2.24, 2.45) is 0 Å². The normalized spacial score (nSPS) is 20.3. The van der Waals surface area contributed by atoms with Gasteiger partial charge in [0.2, 0.25) is 0 Å². The molecule has 1 rings (SSSR count). The second kappa shape index (κ2) is 4.81. The van der Waals surface area contributed by atoms with Crippen molar-refractivity contribution < 1.29 is 0 Å². The Labute approximate surface area is 126 Å². The number of rotatable bonds is 2. The van der Waals surface area contributed by atoms with Crippen LogP contribution >= 0.6 is 11.1 Å². The van der Waals surface area contributed by atoms with Gasteiger partial charge in [0.05, 0.1) is 0 Å². The van der Waals surface area contributed by atoms with Crippen LogP contribution in [0.15, 0.2) is 12.4 Å². The summed E-state index contributed by atoms with van der Waals surface area (Å²) in [5.74, 6) is 0. The summed E-state index contributed by atoms with van der Waals surface area (Å²) in [5.41, 5.74) is 1.36. The molecule has 19 heavy (non-hydrogen) atoms. The van der Waals surface area contributed by atoms with Gasteiger partial charge in [-0.2, -0.15) is 0 Å². The molecule has 0 aromatic rings. The molecule has 2 nitrogen and oxygen atoms in total. The van der Waals surface area contributed by atoms with E-state index in [1.165, 1.54) is 5.67 Å². The van der Waals surface area contributed by atoms with E-state index in [0.717, 1.165) is 0 Å². The van der Waals surface area contributed by atoms with Gasteiger partial charge in [-0.05, 0) is 47.2 Å². The van der Waals surface area contributed by atoms with Gasteiger partial charge in [0.1, 0.15) is 0 Å². The molecule has 0 saturated carbocycles. The first-order valence-electron chi connectivity index (χ1n) is 7.14. The summed E-state index contributed by atoms with van der Waals surface area (Å²) >= 11 is 7.32. The standard InChI is InChI=1S/C14H31ClN2Si2/c1-13(2,3)16-10-11-17(14(4,5)6)19(16,15)12-18(7,8)9/h10-11H,12H2,1-9H3. The summed E-state index contributed by atoms with van der Waals surface area (Å²) in [6.45, 7) is 20.8. The third-order valence-electron chi connectivity index (χ3n) is 3.30. The van der Waals surface area contributed by atoms with E-state index in [1.54, 1.807) is 0 Å². The molecule has 0 N–H and O–H groups in total. The lowest BCUT2D eigenvalue weighted by Crippen LogP contribution is -2.66. The molecular formula is C14H31ClN2Si2. The van der Waals surface area contributed by atoms with Crippen LogP contribution in [0, 0.1) is 0 Å². The van der Waals surface area contributed by atoms with E-state index in [-0.39, 0.29) is 11.1 Å². The van der Waals surface area contributed by atoms with E-state index in [9.17, 15) is 0 Å². The van der Waals surface area contributed by atoms with Crippen molar-refractivity contribution in [3.05, 3.63) is 12.4 Å². The zero-order valence-corrected chi connectivity index (χ0v) is 16.9. The molecule has 112 valence electrons. The predicted octanol–water partition coefficient (Wildman–Crippen LogP) is 4.73. The summed E-state index contributed by atoms with van der Waals surface area (Å²) in [7, 11) is -3.39. The van der Waals surface area contributed by atoms with Crippen molar-refractivity contribution in [2.75, 3.05) is 0 Å². The smallest absolute Gasteiger partial charge is 0.363 e. The van der Waals surface area contributed by atoms with Gasteiger partial charge in [-0.1, -0.05) is 19.6 Å². The van der Waals surface area contributed by atoms with Crippen LogP contribution in [0.3, 0.4) is 0 Å². The highest BCUT2D eigenvalue weighted by molar-refractivity contribution is 7.22. The first-order chi connectivity index (χ1) is 8.18. The van der Waals surface area contributed by atoms with E-state index in [2.05, 4.69) is 82.7 Å². The maximum absolute atomic E-state index is 7.32. The minimum Gasteiger partial charge on any atom is -0.369 e. The number of halogens is 1. The number of hydrogen-bond acceptors (Lipinski definition) is 2. The Morgan fingerprint density at radius 2 is 1.21 bits per heavy atom. The monoisotopic (exact) mass is 318 g/mol. The van der Waals surface area contributed by atoms with Crippen molar-refractivity contribution in [1.29, 1.82) is 0 Å². The highest BCUT2D eigenvalue weighted by Gasteiger charge is 2.55. The summed E-state index contributed by atoms with van der Waals surface area (Å²) < 4.78 is 4.93. The fourth-order valence-electron chi connectivity index (χ4n) is 2.80. The Morgan fingerprint density at radius 1 is 0.895 bits per heavy atom. The molecule has 0 saturated heterocycles. The van der Waals surface area contributed by atoms with Crippen LogP contribution in [0.5, 0.6) is 0 Å². The van der Waals surface area contributed by atoms with Crippen LogP contribution in [0.2, 0.25) is 25.3 Å². The summed E-state index contributed by atoms with van der Waals surface area (Å²) in [4.78, 5) is 0. The molecule has 0 aliphatic carbocycles. The minimum absolute atomic E-state index is 0.0874. The SMILES string of the molecule is CC(C)(C)N1C=CN(C(C)(C)C)[Si]1(Cl)C[Si](C)(C)C. The van der Waals surface area contributed by atoms with E-state index < -0.39 is 15.8 Å². The van der Waals surface area contributed by atoms with Crippen LogP contribution < -0.4 is 0 Å². The van der Waals surface area contributed by atoms with Crippen LogP contribution in [0.25, 0.3) is 0 Å². The number of hydrogen-bond donors (Lipinski definition) is 0. The third-order valence-corrected chi connectivity index (χ3v) is 14.8. The topological polar surface area (TPSA) is 6.48 Å². The van der Waals surface area contributed by atoms with E-state index in [1.807, 2.05) is 0 Å². The Hall–Kier alpha value is 0.0638. The van der Waals surface area contributed by atoms with Crippen molar-refractivity contribution in [1.82, 2.24) is 9.13 Å². The Kier molecular flexibility index (Phi) is 4.33. The van der Waals surface area contributed by atoms with Gasteiger partial charge < -0.3 is 9.13 Å². The highest BCUT2D eigenvalue weighted by atomic mass is 35.6. The largest absolute Gasteiger partial charge is 0.369 e. The van der Waals surface area contributed by atoms with E-state index >= 15 is 0 Å². The molecule has 5 heteroatoms. The van der Waals surface area contributed by atoms with Crippen molar-refractivity contribution in [2.45, 2.75) is 77.9 Å². The maximum Gasteiger partial charge on any atom is 0.363 e. The van der Waals surface area contributed by atoms with E-state index in [4.69, 9.17) is 11.1 Å². The Balaban J connectivity index is 3.22. The average molecular weight is 319 g/mol. The summed E-state index contributed by atoms with van der Waals surface area (Å²) in [6.07, 6.45) is 4.45. The average Bonchev–Trinajstić information content (AvgIpc) is 2.35. The molecule has 0 bridgehead atoms. The molecule has 0 radical (unpaired) electrons. The lowest BCUT2D eigenvalue weighted by molar-refractivity contribution is 0.275. The van der Waals surface area contributed by atoms with Crippen LogP contribution in [-0.4, -0.2) is 36.0 Å². The van der Waals surface area contributed by atoms with Gasteiger partial charge in [0, 0.05) is 31.6 Å². The maximum atomic E-state index is 7.32. The molecule has 0 unspecified atom stereocenters. The first kappa shape index (κ1) is 17.1. The molecule has 0 spiro atoms. The molecule has 0 amide bonds. The van der Waals surface area contributed by atoms with Gasteiger partial charge in [0.25, 0.3) is 0 Å². The van der Waals surface area contributed by atoms with Gasteiger partial charge >= 0.3 is 7.71 Å². The molecule has 1 aliphatic heterocycles. The van der Waals surface area contributed by atoms with Crippen molar-refractivity contribution >= 4 is 26.9 Å². The minimum atomic E-state index is -2.16. The molecule has 1 heterocycles. The van der Waals surface area contributed by atoms with Gasteiger partial charge in [-0.15, -0.1) is 11.1 Å². The second-order valence-corrected chi connectivity index (χ2v) is 19.6. The first-order valence-corrected chi connectivity index (χ1v) is 14.0. The van der Waals surface area contributed by atoms with Crippen LogP contribution in [-0.2, 0) is 0 Å². The van der Waals surface area contributed by atoms with Gasteiger partial charge in [0.15, 0.2) is 0 Å². The summed E-state index contributed by atoms with van der Waals surface area (Å²) in [5, 5.41) is 0. The zero-order chi connectivity index (χ0) is 15.3. The molecule has 0 aromatic carbocycles. The number of nitrogens with zero attached hydrogens (tertiary/aromatic N) is 2. The molecule has 0 aromatic heterocycles. The second-order valence-electron chi connectivity index (χ2n) is 8.84. The van der Waals surface area contributed by atoms with Gasteiger partial charge in [-0.25, -0.2) is 0 Å². The lowest BCUT2D eigenvalue weighted by Gasteiger charge is -2.50. The predicted molar refractivity (Wildman–Crippen MR) is 92.1 cm³/mol. The van der Waals surface area contributed by atoms with E-state index in [0.29, 0.717) is 0 Å². The van der Waals surface area contributed by atoms with Crippen LogP contribution in [0.4, 0.5) is 0 Å². The fraction of sp³-hybridized carbons (Fsp3) is 0.857. The molecule has 0 fully saturated rings.